The zero-order valence-electron chi connectivity index (χ0n) is 15.1. The molecular formula is C21H21NO5. The van der Waals surface area contributed by atoms with Crippen molar-refractivity contribution in [2.24, 2.45) is 0 Å². The number of methoxy groups -OCH3 is 1. The fourth-order valence-electron chi connectivity index (χ4n) is 3.25. The molecule has 0 aromatic heterocycles. The summed E-state index contributed by atoms with van der Waals surface area (Å²) in [6, 6.07) is 12.0. The van der Waals surface area contributed by atoms with E-state index in [4.69, 9.17) is 9.84 Å². The number of hydrogen-bond acceptors (Lipinski definition) is 4. The van der Waals surface area contributed by atoms with E-state index in [1.165, 1.54) is 7.11 Å². The number of rotatable bonds is 6. The Hall–Kier alpha value is -3.15. The maximum absolute atomic E-state index is 12.0. The largest absolute Gasteiger partial charge is 0.478 e. The Labute approximate surface area is 157 Å². The Morgan fingerprint density at radius 1 is 1.07 bits per heavy atom. The van der Waals surface area contributed by atoms with E-state index in [1.54, 1.807) is 36.4 Å². The van der Waals surface area contributed by atoms with Crippen LogP contribution in [0.3, 0.4) is 0 Å². The van der Waals surface area contributed by atoms with Crippen molar-refractivity contribution in [3.8, 4) is 0 Å². The van der Waals surface area contributed by atoms with Crippen LogP contribution in [-0.4, -0.2) is 41.5 Å². The maximum atomic E-state index is 12.0. The zero-order chi connectivity index (χ0) is 19.4. The number of carboxylic acids is 1. The summed E-state index contributed by atoms with van der Waals surface area (Å²) in [5.41, 5.74) is 3.49. The van der Waals surface area contributed by atoms with Crippen molar-refractivity contribution in [2.45, 2.75) is 25.8 Å². The number of carboxylic acid groups (broad SMARTS) is 1. The average Bonchev–Trinajstić information content (AvgIpc) is 3.07. The average molecular weight is 367 g/mol. The van der Waals surface area contributed by atoms with Crippen molar-refractivity contribution < 1.29 is 24.2 Å². The summed E-state index contributed by atoms with van der Waals surface area (Å²) in [7, 11) is 1.34. The molecule has 1 N–H and O–H groups in total. The quantitative estimate of drug-likeness (QED) is 0.794. The van der Waals surface area contributed by atoms with Crippen LogP contribution in [0.25, 0.3) is 0 Å². The van der Waals surface area contributed by atoms with E-state index in [2.05, 4.69) is 0 Å². The van der Waals surface area contributed by atoms with Gasteiger partial charge >= 0.3 is 11.9 Å². The van der Waals surface area contributed by atoms with Gasteiger partial charge in [0.15, 0.2) is 0 Å². The molecule has 0 bridgehead atoms. The number of benzene rings is 2. The van der Waals surface area contributed by atoms with E-state index in [9.17, 15) is 14.4 Å². The second-order valence-electron chi connectivity index (χ2n) is 6.57. The first-order valence-electron chi connectivity index (χ1n) is 8.78. The molecule has 0 spiro atoms. The molecule has 27 heavy (non-hydrogen) atoms. The second-order valence-corrected chi connectivity index (χ2v) is 6.57. The first-order chi connectivity index (χ1) is 13.0. The Kier molecular flexibility index (Phi) is 5.54. The van der Waals surface area contributed by atoms with Crippen LogP contribution in [0.5, 0.6) is 0 Å². The van der Waals surface area contributed by atoms with Crippen LogP contribution >= 0.6 is 0 Å². The summed E-state index contributed by atoms with van der Waals surface area (Å²) in [4.78, 5) is 36.7. The third-order valence-electron chi connectivity index (χ3n) is 4.76. The predicted molar refractivity (Wildman–Crippen MR) is 98.6 cm³/mol. The van der Waals surface area contributed by atoms with Crippen LogP contribution in [0.1, 0.15) is 50.2 Å². The van der Waals surface area contributed by atoms with Gasteiger partial charge in [-0.05, 0) is 53.8 Å². The lowest BCUT2D eigenvalue weighted by molar-refractivity contribution is -0.128. The van der Waals surface area contributed by atoms with E-state index in [-0.39, 0.29) is 11.5 Å². The second kappa shape index (κ2) is 8.03. The van der Waals surface area contributed by atoms with Crippen LogP contribution in [0.15, 0.2) is 42.5 Å². The van der Waals surface area contributed by atoms with Gasteiger partial charge in [-0.3, -0.25) is 4.79 Å². The number of aromatic carboxylic acids is 1. The molecule has 0 atom stereocenters. The van der Waals surface area contributed by atoms with E-state index in [0.29, 0.717) is 24.9 Å². The summed E-state index contributed by atoms with van der Waals surface area (Å²) in [6.07, 6.45) is 1.97. The van der Waals surface area contributed by atoms with Gasteiger partial charge in [-0.15, -0.1) is 0 Å². The molecule has 0 unspecified atom stereocenters. The molecule has 1 aliphatic heterocycles. The SMILES string of the molecule is COC(=O)c1ccc(CN2CCCC2=O)c(Cc2ccc(C(=O)O)cc2)c1. The van der Waals surface area contributed by atoms with Gasteiger partial charge in [-0.2, -0.15) is 0 Å². The molecule has 2 aromatic rings. The lowest BCUT2D eigenvalue weighted by Gasteiger charge is -2.19. The smallest absolute Gasteiger partial charge is 0.337 e. The van der Waals surface area contributed by atoms with Crippen molar-refractivity contribution in [2.75, 3.05) is 13.7 Å². The first-order valence-corrected chi connectivity index (χ1v) is 8.78. The molecule has 1 aliphatic rings. The number of hydrogen-bond donors (Lipinski definition) is 1. The van der Waals surface area contributed by atoms with Gasteiger partial charge in [0.2, 0.25) is 5.91 Å². The monoisotopic (exact) mass is 367 g/mol. The Morgan fingerprint density at radius 3 is 2.37 bits per heavy atom. The van der Waals surface area contributed by atoms with Crippen LogP contribution in [0, 0.1) is 0 Å². The van der Waals surface area contributed by atoms with Crippen molar-refractivity contribution in [3.05, 3.63) is 70.3 Å². The van der Waals surface area contributed by atoms with Crippen molar-refractivity contribution in [1.82, 2.24) is 4.90 Å². The molecule has 1 amide bonds. The highest BCUT2D eigenvalue weighted by Gasteiger charge is 2.21. The fraction of sp³-hybridized carbons (Fsp3) is 0.286. The molecular weight excluding hydrogens is 346 g/mol. The maximum Gasteiger partial charge on any atom is 0.337 e. The molecule has 3 rings (SSSR count). The van der Waals surface area contributed by atoms with Gasteiger partial charge in [0.25, 0.3) is 0 Å². The van der Waals surface area contributed by atoms with Crippen molar-refractivity contribution in [3.63, 3.8) is 0 Å². The third-order valence-corrected chi connectivity index (χ3v) is 4.76. The zero-order valence-corrected chi connectivity index (χ0v) is 15.1. The van der Waals surface area contributed by atoms with E-state index < -0.39 is 11.9 Å². The minimum atomic E-state index is -0.970. The van der Waals surface area contributed by atoms with Gasteiger partial charge in [0.1, 0.15) is 0 Å². The number of carbonyl (C=O) groups excluding carboxylic acids is 2. The summed E-state index contributed by atoms with van der Waals surface area (Å²) in [5.74, 6) is -1.24. The molecule has 1 saturated heterocycles. The molecule has 140 valence electrons. The minimum absolute atomic E-state index is 0.142. The van der Waals surface area contributed by atoms with Crippen LogP contribution in [0.2, 0.25) is 0 Å². The van der Waals surface area contributed by atoms with E-state index in [1.807, 2.05) is 11.0 Å². The molecule has 1 heterocycles. The fourth-order valence-corrected chi connectivity index (χ4v) is 3.25. The van der Waals surface area contributed by atoms with Gasteiger partial charge in [0.05, 0.1) is 18.2 Å². The van der Waals surface area contributed by atoms with Gasteiger partial charge < -0.3 is 14.7 Å². The molecule has 0 saturated carbocycles. The normalized spacial score (nSPS) is 13.7. The number of likely N-dealkylation sites (tertiary alicyclic amines) is 1. The van der Waals surface area contributed by atoms with Crippen molar-refractivity contribution in [1.29, 1.82) is 0 Å². The summed E-state index contributed by atoms with van der Waals surface area (Å²) >= 11 is 0. The first kappa shape index (κ1) is 18.6. The third kappa shape index (κ3) is 4.34. The van der Waals surface area contributed by atoms with Crippen molar-refractivity contribution >= 4 is 17.8 Å². The molecule has 0 aliphatic carbocycles. The number of nitrogens with zero attached hydrogens (tertiary/aromatic N) is 1. The molecule has 0 radical (unpaired) electrons. The highest BCUT2D eigenvalue weighted by atomic mass is 16.5. The van der Waals surface area contributed by atoms with Crippen LogP contribution in [-0.2, 0) is 22.5 Å². The molecule has 2 aromatic carbocycles. The van der Waals surface area contributed by atoms with Crippen LogP contribution < -0.4 is 0 Å². The van der Waals surface area contributed by atoms with E-state index >= 15 is 0 Å². The van der Waals surface area contributed by atoms with Gasteiger partial charge in [-0.25, -0.2) is 9.59 Å². The minimum Gasteiger partial charge on any atom is -0.478 e. The number of carbonyl (C=O) groups is 3. The summed E-state index contributed by atoms with van der Waals surface area (Å²) in [5, 5.41) is 9.03. The summed E-state index contributed by atoms with van der Waals surface area (Å²) < 4.78 is 4.81. The molecule has 6 heteroatoms. The lowest BCUT2D eigenvalue weighted by atomic mass is 9.96. The predicted octanol–water partition coefficient (Wildman–Crippen LogP) is 2.88. The van der Waals surface area contributed by atoms with E-state index in [0.717, 1.165) is 29.7 Å². The Bertz CT molecular complexity index is 873. The number of esters is 1. The topological polar surface area (TPSA) is 83.9 Å². The summed E-state index contributed by atoms with van der Waals surface area (Å²) in [6.45, 7) is 1.24. The Balaban J connectivity index is 1.90. The van der Waals surface area contributed by atoms with Gasteiger partial charge in [0, 0.05) is 19.5 Å². The number of amides is 1. The molecule has 1 fully saturated rings. The highest BCUT2D eigenvalue weighted by Crippen LogP contribution is 2.22. The Morgan fingerprint density at radius 2 is 1.78 bits per heavy atom. The van der Waals surface area contributed by atoms with Crippen LogP contribution in [0.4, 0.5) is 0 Å². The highest BCUT2D eigenvalue weighted by molar-refractivity contribution is 5.89. The lowest BCUT2D eigenvalue weighted by Crippen LogP contribution is -2.24. The molecule has 6 nitrogen and oxygen atoms in total. The number of ether oxygens (including phenoxy) is 1. The van der Waals surface area contributed by atoms with Gasteiger partial charge in [-0.1, -0.05) is 18.2 Å². The standard InChI is InChI=1S/C21H21NO5/c1-27-21(26)16-8-9-17(13-22-10-2-3-19(22)23)18(12-16)11-14-4-6-15(7-5-14)20(24)25/h4-9,12H,2-3,10-11,13H2,1H3,(H,24,25).